The number of benzene rings is 1. The summed E-state index contributed by atoms with van der Waals surface area (Å²) in [5.74, 6) is 2.00. The Hall–Kier alpha value is -2.80. The number of hydrogen-bond donors (Lipinski definition) is 0. The summed E-state index contributed by atoms with van der Waals surface area (Å²) in [7, 11) is 0. The normalized spacial score (nSPS) is 11.0. The van der Waals surface area contributed by atoms with Gasteiger partial charge >= 0.3 is 0 Å². The van der Waals surface area contributed by atoms with Gasteiger partial charge in [-0.15, -0.1) is 10.2 Å². The maximum absolute atomic E-state index is 5.49. The molecule has 3 aromatic heterocycles. The van der Waals surface area contributed by atoms with Gasteiger partial charge in [-0.05, 0) is 24.3 Å². The zero-order valence-corrected chi connectivity index (χ0v) is 12.8. The predicted octanol–water partition coefficient (Wildman–Crippen LogP) is 3.81. The second-order valence-corrected chi connectivity index (χ2v) is 5.68. The largest absolute Gasteiger partial charge is 0.461 e. The monoisotopic (exact) mass is 324 g/mol. The van der Waals surface area contributed by atoms with E-state index in [0.717, 1.165) is 16.5 Å². The zero-order valence-electron chi connectivity index (χ0n) is 12.0. The number of thioether (sulfide) groups is 1. The van der Waals surface area contributed by atoms with E-state index in [1.165, 1.54) is 0 Å². The van der Waals surface area contributed by atoms with Crippen LogP contribution in [0.15, 0.2) is 75.2 Å². The molecule has 0 aliphatic carbocycles. The van der Waals surface area contributed by atoms with Crippen LogP contribution in [0.5, 0.6) is 0 Å². The average molecular weight is 324 g/mol. The summed E-state index contributed by atoms with van der Waals surface area (Å²) in [5.41, 5.74) is 1.84. The second-order valence-electron chi connectivity index (χ2n) is 4.73. The molecule has 4 aromatic rings. The molecule has 0 aliphatic heterocycles. The molecule has 0 saturated heterocycles. The first-order valence-electron chi connectivity index (χ1n) is 6.98. The van der Waals surface area contributed by atoms with E-state index in [1.54, 1.807) is 24.3 Å². The fourth-order valence-electron chi connectivity index (χ4n) is 2.19. The topological polar surface area (TPSA) is 69.9 Å². The smallest absolute Gasteiger partial charge is 0.205 e. The molecule has 0 fully saturated rings. The van der Waals surface area contributed by atoms with E-state index in [0.29, 0.717) is 17.3 Å². The van der Waals surface area contributed by atoms with Crippen LogP contribution in [0.2, 0.25) is 0 Å². The molecule has 0 N–H and O–H groups in total. The Morgan fingerprint density at radius 3 is 2.61 bits per heavy atom. The molecule has 4 rings (SSSR count). The molecular formula is C16H12N4O2S. The summed E-state index contributed by atoms with van der Waals surface area (Å²) in [5, 5.41) is 13.3. The quantitative estimate of drug-likeness (QED) is 0.520. The highest BCUT2D eigenvalue weighted by Gasteiger charge is 2.18. The van der Waals surface area contributed by atoms with Gasteiger partial charge in [0.2, 0.25) is 5.82 Å². The number of para-hydroxylation sites is 1. The third kappa shape index (κ3) is 2.78. The second kappa shape index (κ2) is 6.13. The van der Waals surface area contributed by atoms with Gasteiger partial charge in [0.05, 0.1) is 12.0 Å². The van der Waals surface area contributed by atoms with Gasteiger partial charge in [-0.1, -0.05) is 35.1 Å². The Balaban J connectivity index is 1.74. The van der Waals surface area contributed by atoms with Crippen molar-refractivity contribution in [2.75, 3.05) is 0 Å². The van der Waals surface area contributed by atoms with Gasteiger partial charge in [0.25, 0.3) is 0 Å². The SMILES string of the molecule is c1ccc(-n2c(SCc3ccon3)nnc2-c2ccco2)cc1. The van der Waals surface area contributed by atoms with Gasteiger partial charge in [-0.3, -0.25) is 4.57 Å². The van der Waals surface area contributed by atoms with Crippen molar-refractivity contribution in [3.63, 3.8) is 0 Å². The molecule has 6 nitrogen and oxygen atoms in total. The summed E-state index contributed by atoms with van der Waals surface area (Å²) < 4.78 is 12.3. The lowest BCUT2D eigenvalue weighted by atomic mass is 10.3. The molecule has 0 atom stereocenters. The molecule has 0 unspecified atom stereocenters. The van der Waals surface area contributed by atoms with E-state index in [-0.39, 0.29) is 0 Å². The van der Waals surface area contributed by atoms with E-state index in [2.05, 4.69) is 15.4 Å². The van der Waals surface area contributed by atoms with E-state index in [4.69, 9.17) is 8.94 Å². The summed E-state index contributed by atoms with van der Waals surface area (Å²) >= 11 is 1.54. The summed E-state index contributed by atoms with van der Waals surface area (Å²) in [6.45, 7) is 0. The predicted molar refractivity (Wildman–Crippen MR) is 85.1 cm³/mol. The maximum atomic E-state index is 5.49. The molecule has 0 bridgehead atoms. The van der Waals surface area contributed by atoms with Gasteiger partial charge in [0, 0.05) is 17.5 Å². The van der Waals surface area contributed by atoms with Gasteiger partial charge < -0.3 is 8.94 Å². The van der Waals surface area contributed by atoms with Gasteiger partial charge in [0.15, 0.2) is 10.9 Å². The number of aromatic nitrogens is 4. The minimum absolute atomic E-state index is 0.652. The third-order valence-electron chi connectivity index (χ3n) is 3.23. The van der Waals surface area contributed by atoms with Gasteiger partial charge in [0.1, 0.15) is 6.26 Å². The minimum Gasteiger partial charge on any atom is -0.461 e. The van der Waals surface area contributed by atoms with Crippen LogP contribution < -0.4 is 0 Å². The molecule has 23 heavy (non-hydrogen) atoms. The number of hydrogen-bond acceptors (Lipinski definition) is 6. The van der Waals surface area contributed by atoms with Crippen molar-refractivity contribution in [2.45, 2.75) is 10.9 Å². The van der Waals surface area contributed by atoms with Crippen molar-refractivity contribution in [3.05, 3.63) is 66.8 Å². The minimum atomic E-state index is 0.652. The Labute approximate surface area is 136 Å². The summed E-state index contributed by atoms with van der Waals surface area (Å²) in [6, 6.07) is 15.5. The van der Waals surface area contributed by atoms with Crippen molar-refractivity contribution in [1.82, 2.24) is 19.9 Å². The Bertz CT molecular complexity index is 870. The number of furan rings is 1. The Kier molecular flexibility index (Phi) is 3.69. The highest BCUT2D eigenvalue weighted by molar-refractivity contribution is 7.98. The summed E-state index contributed by atoms with van der Waals surface area (Å²) in [4.78, 5) is 0. The van der Waals surface area contributed by atoms with Crippen LogP contribution in [-0.4, -0.2) is 19.9 Å². The third-order valence-corrected chi connectivity index (χ3v) is 4.19. The molecule has 7 heteroatoms. The number of nitrogens with zero attached hydrogens (tertiary/aromatic N) is 4. The summed E-state index contributed by atoms with van der Waals surface area (Å²) in [6.07, 6.45) is 3.19. The zero-order chi connectivity index (χ0) is 15.5. The lowest BCUT2D eigenvalue weighted by Crippen LogP contribution is -1.99. The Morgan fingerprint density at radius 1 is 0.957 bits per heavy atom. The molecule has 0 radical (unpaired) electrons. The first-order chi connectivity index (χ1) is 11.4. The fourth-order valence-corrected chi connectivity index (χ4v) is 3.03. The van der Waals surface area contributed by atoms with Gasteiger partial charge in [-0.25, -0.2) is 0 Å². The van der Waals surface area contributed by atoms with Crippen molar-refractivity contribution in [3.8, 4) is 17.3 Å². The molecule has 0 saturated carbocycles. The van der Waals surface area contributed by atoms with Crippen LogP contribution in [0.25, 0.3) is 17.3 Å². The van der Waals surface area contributed by atoms with Crippen LogP contribution >= 0.6 is 11.8 Å². The van der Waals surface area contributed by atoms with E-state index < -0.39 is 0 Å². The first-order valence-corrected chi connectivity index (χ1v) is 7.97. The van der Waals surface area contributed by atoms with E-state index in [1.807, 2.05) is 53.1 Å². The number of rotatable bonds is 5. The lowest BCUT2D eigenvalue weighted by molar-refractivity contribution is 0.414. The lowest BCUT2D eigenvalue weighted by Gasteiger charge is -2.08. The molecule has 0 amide bonds. The van der Waals surface area contributed by atoms with Crippen LogP contribution in [-0.2, 0) is 5.75 Å². The standard InChI is InChI=1S/C16H12N4O2S/c1-2-5-13(6-3-1)20-15(14-7-4-9-21-14)17-18-16(20)23-11-12-8-10-22-19-12/h1-10H,11H2. The fraction of sp³-hybridized carbons (Fsp3) is 0.0625. The highest BCUT2D eigenvalue weighted by Crippen LogP contribution is 2.29. The molecule has 0 spiro atoms. The molecule has 3 heterocycles. The van der Waals surface area contributed by atoms with E-state index in [9.17, 15) is 0 Å². The van der Waals surface area contributed by atoms with Crippen molar-refractivity contribution >= 4 is 11.8 Å². The molecule has 0 aliphatic rings. The van der Waals surface area contributed by atoms with Crippen LogP contribution in [0.4, 0.5) is 0 Å². The van der Waals surface area contributed by atoms with Crippen LogP contribution in [0, 0.1) is 0 Å². The van der Waals surface area contributed by atoms with Crippen LogP contribution in [0.3, 0.4) is 0 Å². The highest BCUT2D eigenvalue weighted by atomic mass is 32.2. The van der Waals surface area contributed by atoms with Crippen molar-refractivity contribution < 1.29 is 8.94 Å². The molecular weight excluding hydrogens is 312 g/mol. The molecule has 114 valence electrons. The van der Waals surface area contributed by atoms with Crippen LogP contribution in [0.1, 0.15) is 5.69 Å². The maximum Gasteiger partial charge on any atom is 0.205 e. The molecule has 1 aromatic carbocycles. The van der Waals surface area contributed by atoms with Crippen molar-refractivity contribution in [2.24, 2.45) is 0 Å². The van der Waals surface area contributed by atoms with Gasteiger partial charge in [-0.2, -0.15) is 0 Å². The van der Waals surface area contributed by atoms with Crippen molar-refractivity contribution in [1.29, 1.82) is 0 Å². The first kappa shape index (κ1) is 13.8. The average Bonchev–Trinajstić information content (AvgIpc) is 3.33. The Morgan fingerprint density at radius 2 is 1.87 bits per heavy atom. The van der Waals surface area contributed by atoms with E-state index >= 15 is 0 Å².